The highest BCUT2D eigenvalue weighted by Gasteiger charge is 2.13. The quantitative estimate of drug-likeness (QED) is 0.720. The van der Waals surface area contributed by atoms with Gasteiger partial charge in [0.1, 0.15) is 0 Å². The van der Waals surface area contributed by atoms with Gasteiger partial charge in [0, 0.05) is 12.6 Å². The number of benzene rings is 2. The van der Waals surface area contributed by atoms with Crippen LogP contribution < -0.4 is 0 Å². The topological polar surface area (TPSA) is 3.24 Å². The molecule has 0 saturated carbocycles. The fraction of sp³-hybridized carbons (Fsp3) is 0.429. The van der Waals surface area contributed by atoms with Crippen molar-refractivity contribution >= 4 is 0 Å². The molecule has 0 amide bonds. The zero-order valence-electron chi connectivity index (χ0n) is 14.9. The fourth-order valence-corrected chi connectivity index (χ4v) is 2.48. The predicted octanol–water partition coefficient (Wildman–Crippen LogP) is 5.49. The van der Waals surface area contributed by atoms with Gasteiger partial charge >= 0.3 is 0 Å². The molecule has 22 heavy (non-hydrogen) atoms. The van der Waals surface area contributed by atoms with Crippen LogP contribution in [0.25, 0.3) is 11.1 Å². The van der Waals surface area contributed by atoms with E-state index >= 15 is 0 Å². The highest BCUT2D eigenvalue weighted by molar-refractivity contribution is 5.64. The van der Waals surface area contributed by atoms with E-state index < -0.39 is 0 Å². The molecule has 0 aliphatic carbocycles. The first-order valence-corrected chi connectivity index (χ1v) is 8.17. The third kappa shape index (κ3) is 4.20. The van der Waals surface area contributed by atoms with Crippen LogP contribution in [0.1, 0.15) is 45.7 Å². The van der Waals surface area contributed by atoms with Crippen molar-refractivity contribution in [3.8, 4) is 11.1 Å². The maximum Gasteiger partial charge on any atom is 0.0233 e. The van der Waals surface area contributed by atoms with Gasteiger partial charge in [0.25, 0.3) is 0 Å². The minimum Gasteiger partial charge on any atom is -0.300 e. The van der Waals surface area contributed by atoms with Gasteiger partial charge in [-0.05, 0) is 54.6 Å². The molecular weight excluding hydrogens is 266 g/mol. The Bertz CT molecular complexity index is 603. The van der Waals surface area contributed by atoms with Crippen LogP contribution >= 0.6 is 0 Å². The smallest absolute Gasteiger partial charge is 0.0233 e. The first-order valence-electron chi connectivity index (χ1n) is 8.17. The summed E-state index contributed by atoms with van der Waals surface area (Å²) in [6.45, 7) is 12.2. The zero-order valence-corrected chi connectivity index (χ0v) is 14.9. The van der Waals surface area contributed by atoms with Gasteiger partial charge in [-0.2, -0.15) is 0 Å². The third-order valence-corrected chi connectivity index (χ3v) is 4.32. The first kappa shape index (κ1) is 16.8. The van der Waals surface area contributed by atoms with Gasteiger partial charge in [-0.15, -0.1) is 0 Å². The third-order valence-electron chi connectivity index (χ3n) is 4.32. The lowest BCUT2D eigenvalue weighted by Gasteiger charge is -2.21. The van der Waals surface area contributed by atoms with E-state index in [-0.39, 0.29) is 5.41 Å². The van der Waals surface area contributed by atoms with Crippen molar-refractivity contribution in [2.24, 2.45) is 0 Å². The Morgan fingerprint density at radius 3 is 2.09 bits per heavy atom. The summed E-state index contributed by atoms with van der Waals surface area (Å²) in [5.41, 5.74) is 5.55. The van der Waals surface area contributed by atoms with Crippen LogP contribution in [-0.2, 0) is 12.0 Å². The Kier molecular flexibility index (Phi) is 5.08. The molecule has 0 unspecified atom stereocenters. The van der Waals surface area contributed by atoms with Crippen molar-refractivity contribution < 1.29 is 0 Å². The minimum atomic E-state index is 0.209. The lowest BCUT2D eigenvalue weighted by Crippen LogP contribution is -2.25. The van der Waals surface area contributed by atoms with Gasteiger partial charge in [0.2, 0.25) is 0 Å². The van der Waals surface area contributed by atoms with Crippen molar-refractivity contribution in [2.75, 3.05) is 7.05 Å². The molecule has 0 bridgehead atoms. The Morgan fingerprint density at radius 2 is 1.55 bits per heavy atom. The summed E-state index contributed by atoms with van der Waals surface area (Å²) in [7, 11) is 2.18. The van der Waals surface area contributed by atoms with Crippen LogP contribution in [0.4, 0.5) is 0 Å². The Balaban J connectivity index is 2.22. The number of rotatable bonds is 4. The van der Waals surface area contributed by atoms with Crippen molar-refractivity contribution in [2.45, 2.75) is 52.6 Å². The standard InChI is InChI=1S/C21H29N/c1-16(2)22(6)15-17-8-7-9-19(14-17)18-10-12-20(13-11-18)21(3,4)5/h7-14,16H,15H2,1-6H3. The van der Waals surface area contributed by atoms with Crippen LogP contribution in [0.3, 0.4) is 0 Å². The molecule has 0 fully saturated rings. The summed E-state index contributed by atoms with van der Waals surface area (Å²) in [5, 5.41) is 0. The van der Waals surface area contributed by atoms with Crippen LogP contribution in [0.2, 0.25) is 0 Å². The molecule has 0 radical (unpaired) electrons. The minimum absolute atomic E-state index is 0.209. The average Bonchev–Trinajstić information content (AvgIpc) is 2.46. The summed E-state index contributed by atoms with van der Waals surface area (Å²) in [6.07, 6.45) is 0. The molecule has 0 aliphatic rings. The van der Waals surface area contributed by atoms with E-state index in [0.29, 0.717) is 6.04 Å². The van der Waals surface area contributed by atoms with Gasteiger partial charge < -0.3 is 0 Å². The fourth-order valence-electron chi connectivity index (χ4n) is 2.48. The van der Waals surface area contributed by atoms with Gasteiger partial charge in [-0.1, -0.05) is 63.2 Å². The van der Waals surface area contributed by atoms with Gasteiger partial charge in [0.05, 0.1) is 0 Å². The van der Waals surface area contributed by atoms with Gasteiger partial charge in [0.15, 0.2) is 0 Å². The largest absolute Gasteiger partial charge is 0.300 e. The highest BCUT2D eigenvalue weighted by Crippen LogP contribution is 2.26. The van der Waals surface area contributed by atoms with Crippen LogP contribution in [0.5, 0.6) is 0 Å². The van der Waals surface area contributed by atoms with E-state index in [2.05, 4.69) is 95.1 Å². The van der Waals surface area contributed by atoms with E-state index in [4.69, 9.17) is 0 Å². The molecule has 0 saturated heterocycles. The number of nitrogens with zero attached hydrogens (tertiary/aromatic N) is 1. The Hall–Kier alpha value is -1.60. The predicted molar refractivity (Wildman–Crippen MR) is 97.2 cm³/mol. The first-order chi connectivity index (χ1) is 10.3. The average molecular weight is 295 g/mol. The molecule has 2 aromatic carbocycles. The Labute approximate surface area is 136 Å². The van der Waals surface area contributed by atoms with Crippen molar-refractivity contribution in [1.82, 2.24) is 4.90 Å². The van der Waals surface area contributed by atoms with Crippen molar-refractivity contribution in [1.29, 1.82) is 0 Å². The Morgan fingerprint density at radius 1 is 0.909 bits per heavy atom. The van der Waals surface area contributed by atoms with E-state index in [9.17, 15) is 0 Å². The molecule has 0 atom stereocenters. The summed E-state index contributed by atoms with van der Waals surface area (Å²) in [5.74, 6) is 0. The summed E-state index contributed by atoms with van der Waals surface area (Å²) >= 11 is 0. The monoisotopic (exact) mass is 295 g/mol. The highest BCUT2D eigenvalue weighted by atomic mass is 15.1. The van der Waals surface area contributed by atoms with Crippen molar-refractivity contribution in [3.05, 3.63) is 59.7 Å². The molecule has 0 N–H and O–H groups in total. The number of hydrogen-bond acceptors (Lipinski definition) is 1. The summed E-state index contributed by atoms with van der Waals surface area (Å²) < 4.78 is 0. The second-order valence-electron chi connectivity index (χ2n) is 7.54. The summed E-state index contributed by atoms with van der Waals surface area (Å²) in [6, 6.07) is 18.4. The molecule has 1 nitrogen and oxygen atoms in total. The molecular formula is C21H29N. The molecule has 2 rings (SSSR count). The second-order valence-corrected chi connectivity index (χ2v) is 7.54. The normalized spacial score (nSPS) is 12.2. The maximum absolute atomic E-state index is 2.36. The number of hydrogen-bond donors (Lipinski definition) is 0. The van der Waals surface area contributed by atoms with Crippen molar-refractivity contribution in [3.63, 3.8) is 0 Å². The van der Waals surface area contributed by atoms with Crippen LogP contribution in [0, 0.1) is 0 Å². The lowest BCUT2D eigenvalue weighted by atomic mass is 9.86. The molecule has 0 heterocycles. The summed E-state index contributed by atoms with van der Waals surface area (Å²) in [4.78, 5) is 2.36. The van der Waals surface area contributed by atoms with Crippen LogP contribution in [-0.4, -0.2) is 18.0 Å². The van der Waals surface area contributed by atoms with E-state index in [1.165, 1.54) is 22.3 Å². The van der Waals surface area contributed by atoms with E-state index in [1.807, 2.05) is 0 Å². The maximum atomic E-state index is 2.36. The van der Waals surface area contributed by atoms with E-state index in [1.54, 1.807) is 0 Å². The van der Waals surface area contributed by atoms with E-state index in [0.717, 1.165) is 6.54 Å². The van der Waals surface area contributed by atoms with Gasteiger partial charge in [-0.25, -0.2) is 0 Å². The molecule has 0 aromatic heterocycles. The second kappa shape index (κ2) is 6.66. The molecule has 118 valence electrons. The molecule has 1 heteroatoms. The van der Waals surface area contributed by atoms with Crippen LogP contribution in [0.15, 0.2) is 48.5 Å². The molecule has 2 aromatic rings. The molecule has 0 spiro atoms. The van der Waals surface area contributed by atoms with Gasteiger partial charge in [-0.3, -0.25) is 4.90 Å². The zero-order chi connectivity index (χ0) is 16.3. The lowest BCUT2D eigenvalue weighted by molar-refractivity contribution is 0.266. The molecule has 0 aliphatic heterocycles. The SMILES string of the molecule is CC(C)N(C)Cc1cccc(-c2ccc(C(C)(C)C)cc2)c1.